The number of rotatable bonds is 5. The van der Waals surface area contributed by atoms with E-state index in [1.165, 1.54) is 17.0 Å². The first-order chi connectivity index (χ1) is 12.1. The van der Waals surface area contributed by atoms with Crippen molar-refractivity contribution in [2.24, 2.45) is 0 Å². The van der Waals surface area contributed by atoms with Crippen molar-refractivity contribution in [3.63, 3.8) is 0 Å². The van der Waals surface area contributed by atoms with Gasteiger partial charge in [-0.2, -0.15) is 0 Å². The molecule has 0 saturated carbocycles. The molecule has 1 amide bonds. The van der Waals surface area contributed by atoms with Crippen LogP contribution in [0.25, 0.3) is 0 Å². The van der Waals surface area contributed by atoms with Crippen LogP contribution < -0.4 is 19.9 Å². The fourth-order valence-corrected chi connectivity index (χ4v) is 3.66. The first kappa shape index (κ1) is 17.5. The van der Waals surface area contributed by atoms with Gasteiger partial charge in [0.05, 0.1) is 7.11 Å². The number of thiazole rings is 1. The number of carbonyl (C=O) groups excluding carboxylic acids is 1. The van der Waals surface area contributed by atoms with Gasteiger partial charge in [-0.25, -0.2) is 4.98 Å². The maximum absolute atomic E-state index is 12.0. The minimum absolute atomic E-state index is 0.102. The second kappa shape index (κ2) is 7.74. The number of carbonyl (C=O) groups is 1. The molecule has 0 radical (unpaired) electrons. The van der Waals surface area contributed by atoms with E-state index in [1.54, 1.807) is 7.11 Å². The molecule has 1 saturated heterocycles. The molecule has 0 aliphatic carbocycles. The molecule has 1 fully saturated rings. The maximum Gasteiger partial charge on any atom is 0.271 e. The van der Waals surface area contributed by atoms with Gasteiger partial charge in [0, 0.05) is 43.3 Å². The summed E-state index contributed by atoms with van der Waals surface area (Å²) in [6.07, 6.45) is 0. The van der Waals surface area contributed by atoms with Crippen molar-refractivity contribution in [3.05, 3.63) is 35.3 Å². The molecule has 1 aromatic carbocycles. The van der Waals surface area contributed by atoms with Crippen molar-refractivity contribution in [3.8, 4) is 5.75 Å². The summed E-state index contributed by atoms with van der Waals surface area (Å²) in [5.74, 6) is 0.770. The van der Waals surface area contributed by atoms with Crippen LogP contribution in [0.2, 0.25) is 0 Å². The number of anilines is 2. The summed E-state index contributed by atoms with van der Waals surface area (Å²) in [6, 6.07) is 8.27. The summed E-state index contributed by atoms with van der Waals surface area (Å²) in [5, 5.41) is 5.64. The van der Waals surface area contributed by atoms with Crippen molar-refractivity contribution >= 4 is 28.1 Å². The Labute approximate surface area is 152 Å². The number of ether oxygens (including phenoxy) is 1. The van der Waals surface area contributed by atoms with Crippen LogP contribution in [0.5, 0.6) is 5.75 Å². The Balaban J connectivity index is 1.58. The standard InChI is InChI=1S/C18H24N4O2S/c1-13(2)19-17(23)16-12-25-18(20-16)22-10-8-21(9-11-22)14-4-6-15(24-3)7-5-14/h4-7,12-13H,8-11H2,1-3H3,(H,19,23). The summed E-state index contributed by atoms with van der Waals surface area (Å²) in [6.45, 7) is 7.54. The molecule has 134 valence electrons. The van der Waals surface area contributed by atoms with E-state index in [0.29, 0.717) is 5.69 Å². The van der Waals surface area contributed by atoms with Gasteiger partial charge in [-0.05, 0) is 38.1 Å². The van der Waals surface area contributed by atoms with Gasteiger partial charge >= 0.3 is 0 Å². The van der Waals surface area contributed by atoms with Crippen molar-refractivity contribution in [2.75, 3.05) is 43.1 Å². The number of hydrogen-bond acceptors (Lipinski definition) is 6. The second-order valence-corrected chi connectivity index (χ2v) is 7.15. The highest BCUT2D eigenvalue weighted by molar-refractivity contribution is 7.13. The number of amides is 1. The Bertz CT molecular complexity index is 706. The summed E-state index contributed by atoms with van der Waals surface area (Å²) < 4.78 is 5.21. The highest BCUT2D eigenvalue weighted by Crippen LogP contribution is 2.25. The molecule has 3 rings (SSSR count). The minimum atomic E-state index is -0.102. The number of benzene rings is 1. The molecule has 7 heteroatoms. The molecule has 0 atom stereocenters. The normalized spacial score (nSPS) is 14.7. The van der Waals surface area contributed by atoms with E-state index in [9.17, 15) is 4.79 Å². The summed E-state index contributed by atoms with van der Waals surface area (Å²) in [5.41, 5.74) is 1.71. The number of piperazine rings is 1. The van der Waals surface area contributed by atoms with Gasteiger partial charge in [0.15, 0.2) is 5.13 Å². The Morgan fingerprint density at radius 1 is 1.16 bits per heavy atom. The van der Waals surface area contributed by atoms with Crippen LogP contribution in [0.4, 0.5) is 10.8 Å². The van der Waals surface area contributed by atoms with Gasteiger partial charge in [-0.1, -0.05) is 0 Å². The third-order valence-corrected chi connectivity index (χ3v) is 5.03. The quantitative estimate of drug-likeness (QED) is 0.888. The molecule has 6 nitrogen and oxygen atoms in total. The van der Waals surface area contributed by atoms with E-state index in [4.69, 9.17) is 4.74 Å². The van der Waals surface area contributed by atoms with Crippen LogP contribution in [0, 0.1) is 0 Å². The number of nitrogens with zero attached hydrogens (tertiary/aromatic N) is 3. The first-order valence-electron chi connectivity index (χ1n) is 8.47. The number of hydrogen-bond donors (Lipinski definition) is 1. The molecule has 1 aromatic heterocycles. The Morgan fingerprint density at radius 3 is 2.40 bits per heavy atom. The molecule has 1 aliphatic rings. The third-order valence-electron chi connectivity index (χ3n) is 4.13. The van der Waals surface area contributed by atoms with Gasteiger partial charge in [-0.15, -0.1) is 11.3 Å². The number of methoxy groups -OCH3 is 1. The SMILES string of the molecule is COc1ccc(N2CCN(c3nc(C(=O)NC(C)C)cs3)CC2)cc1. The van der Waals surface area contributed by atoms with Gasteiger partial charge in [0.1, 0.15) is 11.4 Å². The average molecular weight is 360 g/mol. The van der Waals surface area contributed by atoms with E-state index in [2.05, 4.69) is 32.2 Å². The lowest BCUT2D eigenvalue weighted by atomic mass is 10.2. The van der Waals surface area contributed by atoms with E-state index < -0.39 is 0 Å². The van der Waals surface area contributed by atoms with Crippen LogP contribution in [0.1, 0.15) is 24.3 Å². The molecule has 25 heavy (non-hydrogen) atoms. The molecule has 0 spiro atoms. The molecule has 2 aromatic rings. The van der Waals surface area contributed by atoms with E-state index in [1.807, 2.05) is 31.4 Å². The number of nitrogens with one attached hydrogen (secondary N) is 1. The summed E-state index contributed by atoms with van der Waals surface area (Å²) in [4.78, 5) is 21.1. The zero-order chi connectivity index (χ0) is 17.8. The maximum atomic E-state index is 12.0. The first-order valence-corrected chi connectivity index (χ1v) is 9.35. The van der Waals surface area contributed by atoms with Gasteiger partial charge in [-0.3, -0.25) is 4.79 Å². The molecular formula is C18H24N4O2S. The molecule has 1 aliphatic heterocycles. The highest BCUT2D eigenvalue weighted by atomic mass is 32.1. The Kier molecular flexibility index (Phi) is 5.43. The van der Waals surface area contributed by atoms with Crippen LogP contribution in [-0.2, 0) is 0 Å². The predicted octanol–water partition coefficient (Wildman–Crippen LogP) is 2.62. The minimum Gasteiger partial charge on any atom is -0.497 e. The van der Waals surface area contributed by atoms with E-state index >= 15 is 0 Å². The second-order valence-electron chi connectivity index (χ2n) is 6.32. The van der Waals surface area contributed by atoms with Crippen molar-refractivity contribution in [2.45, 2.75) is 19.9 Å². The fraction of sp³-hybridized carbons (Fsp3) is 0.444. The van der Waals surface area contributed by atoms with Gasteiger partial charge < -0.3 is 19.9 Å². The van der Waals surface area contributed by atoms with Crippen LogP contribution in [-0.4, -0.2) is 50.2 Å². The van der Waals surface area contributed by atoms with Gasteiger partial charge in [0.2, 0.25) is 0 Å². The Hall–Kier alpha value is -2.28. The monoisotopic (exact) mass is 360 g/mol. The lowest BCUT2D eigenvalue weighted by Gasteiger charge is -2.36. The van der Waals surface area contributed by atoms with E-state index in [-0.39, 0.29) is 11.9 Å². The van der Waals surface area contributed by atoms with Crippen LogP contribution in [0.3, 0.4) is 0 Å². The van der Waals surface area contributed by atoms with Crippen LogP contribution >= 0.6 is 11.3 Å². The summed E-state index contributed by atoms with van der Waals surface area (Å²) in [7, 11) is 1.68. The van der Waals surface area contributed by atoms with Crippen molar-refractivity contribution in [1.29, 1.82) is 0 Å². The highest BCUT2D eigenvalue weighted by Gasteiger charge is 2.21. The van der Waals surface area contributed by atoms with Crippen LogP contribution in [0.15, 0.2) is 29.6 Å². The molecule has 2 heterocycles. The zero-order valence-electron chi connectivity index (χ0n) is 14.9. The smallest absolute Gasteiger partial charge is 0.271 e. The average Bonchev–Trinajstić information content (AvgIpc) is 3.12. The molecule has 0 unspecified atom stereocenters. The fourth-order valence-electron chi connectivity index (χ4n) is 2.80. The van der Waals surface area contributed by atoms with E-state index in [0.717, 1.165) is 37.1 Å². The topological polar surface area (TPSA) is 57.7 Å². The largest absolute Gasteiger partial charge is 0.497 e. The molecule has 1 N–H and O–H groups in total. The zero-order valence-corrected chi connectivity index (χ0v) is 15.7. The van der Waals surface area contributed by atoms with Gasteiger partial charge in [0.25, 0.3) is 5.91 Å². The lowest BCUT2D eigenvalue weighted by molar-refractivity contribution is 0.0939. The predicted molar refractivity (Wildman–Crippen MR) is 102 cm³/mol. The third kappa shape index (κ3) is 4.22. The van der Waals surface area contributed by atoms with Crippen molar-refractivity contribution < 1.29 is 9.53 Å². The number of aromatic nitrogens is 1. The Morgan fingerprint density at radius 2 is 1.80 bits per heavy atom. The molecular weight excluding hydrogens is 336 g/mol. The summed E-state index contributed by atoms with van der Waals surface area (Å²) >= 11 is 1.53. The molecule has 0 bridgehead atoms. The lowest BCUT2D eigenvalue weighted by Crippen LogP contribution is -2.46. The van der Waals surface area contributed by atoms with Crippen molar-refractivity contribution in [1.82, 2.24) is 10.3 Å².